The fraction of sp³-hybridized carbons (Fsp3) is 0.467. The second kappa shape index (κ2) is 6.30. The Bertz CT molecular complexity index is 498. The zero-order valence-corrected chi connectivity index (χ0v) is 12.3. The van der Waals surface area contributed by atoms with Crippen LogP contribution in [0.2, 0.25) is 0 Å². The van der Waals surface area contributed by atoms with Crippen molar-refractivity contribution in [2.45, 2.75) is 24.7 Å². The Morgan fingerprint density at radius 2 is 1.94 bits per heavy atom. The highest BCUT2D eigenvalue weighted by molar-refractivity contribution is 7.98. The van der Waals surface area contributed by atoms with Gasteiger partial charge in [-0.1, -0.05) is 0 Å². The Morgan fingerprint density at radius 1 is 1.22 bits per heavy atom. The van der Waals surface area contributed by atoms with Crippen molar-refractivity contribution in [2.75, 3.05) is 26.4 Å². The molecule has 0 saturated carbocycles. The summed E-state index contributed by atoms with van der Waals surface area (Å²) in [6.07, 6.45) is 6.98. The van der Waals surface area contributed by atoms with E-state index in [9.17, 15) is 0 Å². The van der Waals surface area contributed by atoms with Gasteiger partial charge in [0.15, 0.2) is 0 Å². The number of aromatic amines is 1. The third-order valence-corrected chi connectivity index (χ3v) is 4.15. The molecule has 1 aromatic heterocycles. The molecule has 0 atom stereocenters. The van der Waals surface area contributed by atoms with Crippen molar-refractivity contribution in [2.24, 2.45) is 0 Å². The van der Waals surface area contributed by atoms with Crippen molar-refractivity contribution >= 4 is 22.7 Å². The maximum atomic E-state index is 3.23. The first-order valence-corrected chi connectivity index (χ1v) is 7.73. The standard InChI is InChI=1S/C10H11NS.C5H11N/c1-7-6-11-10-4-3-8(12-2)5-9(7)10;1-6-4-2-3-5-6/h3-6,11H,1-2H3;2-5H2,1H3. The lowest BCUT2D eigenvalue weighted by Crippen LogP contribution is -2.10. The number of fused-ring (bicyclic) bond motifs is 1. The fourth-order valence-electron chi connectivity index (χ4n) is 2.24. The van der Waals surface area contributed by atoms with Crippen molar-refractivity contribution < 1.29 is 0 Å². The topological polar surface area (TPSA) is 19.0 Å². The van der Waals surface area contributed by atoms with E-state index in [1.54, 1.807) is 11.8 Å². The first-order valence-electron chi connectivity index (χ1n) is 6.51. The van der Waals surface area contributed by atoms with E-state index in [0.717, 1.165) is 0 Å². The Labute approximate surface area is 114 Å². The predicted octanol–water partition coefficient (Wildman–Crippen LogP) is 3.91. The number of rotatable bonds is 1. The number of aryl methyl sites for hydroxylation is 1. The maximum Gasteiger partial charge on any atom is 0.0457 e. The number of nitrogens with one attached hydrogen (secondary N) is 1. The molecule has 0 aliphatic carbocycles. The predicted molar refractivity (Wildman–Crippen MR) is 81.5 cm³/mol. The SMILES string of the molecule is CN1CCCC1.CSc1ccc2[nH]cc(C)c2c1. The molecule has 0 bridgehead atoms. The zero-order chi connectivity index (χ0) is 13.0. The maximum absolute atomic E-state index is 3.23. The lowest BCUT2D eigenvalue weighted by atomic mass is 10.2. The second-order valence-corrected chi connectivity index (χ2v) is 5.77. The summed E-state index contributed by atoms with van der Waals surface area (Å²) in [6, 6.07) is 6.50. The third-order valence-electron chi connectivity index (χ3n) is 3.43. The van der Waals surface area contributed by atoms with Crippen LogP contribution in [0.25, 0.3) is 10.9 Å². The summed E-state index contributed by atoms with van der Waals surface area (Å²) in [4.78, 5) is 6.92. The van der Waals surface area contributed by atoms with Gasteiger partial charge < -0.3 is 9.88 Å². The summed E-state index contributed by atoms with van der Waals surface area (Å²) in [5, 5.41) is 1.34. The summed E-state index contributed by atoms with van der Waals surface area (Å²) in [5.74, 6) is 0. The molecule has 1 saturated heterocycles. The molecular weight excluding hydrogens is 240 g/mol. The Kier molecular flexibility index (Phi) is 4.72. The van der Waals surface area contributed by atoms with Crippen LogP contribution in [0, 0.1) is 6.92 Å². The quantitative estimate of drug-likeness (QED) is 0.786. The highest BCUT2D eigenvalue weighted by atomic mass is 32.2. The van der Waals surface area contributed by atoms with Crippen LogP contribution >= 0.6 is 11.8 Å². The number of aromatic nitrogens is 1. The number of hydrogen-bond acceptors (Lipinski definition) is 2. The van der Waals surface area contributed by atoms with E-state index in [1.807, 2.05) is 0 Å². The minimum Gasteiger partial charge on any atom is -0.361 e. The van der Waals surface area contributed by atoms with Crippen molar-refractivity contribution in [3.8, 4) is 0 Å². The lowest BCUT2D eigenvalue weighted by Gasteiger charge is -2.01. The molecule has 0 spiro atoms. The molecule has 0 amide bonds. The zero-order valence-electron chi connectivity index (χ0n) is 11.5. The van der Waals surface area contributed by atoms with Gasteiger partial charge in [0.1, 0.15) is 0 Å². The van der Waals surface area contributed by atoms with Crippen molar-refractivity contribution in [3.63, 3.8) is 0 Å². The summed E-state index contributed by atoms with van der Waals surface area (Å²) < 4.78 is 0. The summed E-state index contributed by atoms with van der Waals surface area (Å²) >= 11 is 1.78. The largest absolute Gasteiger partial charge is 0.361 e. The highest BCUT2D eigenvalue weighted by Gasteiger charge is 2.03. The Hall–Kier alpha value is -0.930. The van der Waals surface area contributed by atoms with E-state index < -0.39 is 0 Å². The van der Waals surface area contributed by atoms with Crippen LogP contribution < -0.4 is 0 Å². The van der Waals surface area contributed by atoms with Gasteiger partial charge in [-0.3, -0.25) is 0 Å². The summed E-state index contributed by atoms with van der Waals surface area (Å²) in [6.45, 7) is 4.77. The molecule has 3 rings (SSSR count). The first kappa shape index (κ1) is 13.5. The normalized spacial score (nSPS) is 15.7. The van der Waals surface area contributed by atoms with E-state index in [1.165, 1.54) is 47.3 Å². The fourth-order valence-corrected chi connectivity index (χ4v) is 2.68. The number of likely N-dealkylation sites (tertiary alicyclic amines) is 1. The van der Waals surface area contributed by atoms with Crippen molar-refractivity contribution in [1.82, 2.24) is 9.88 Å². The van der Waals surface area contributed by atoms with Gasteiger partial charge in [0.05, 0.1) is 0 Å². The van der Waals surface area contributed by atoms with Gasteiger partial charge in [-0.2, -0.15) is 0 Å². The molecule has 18 heavy (non-hydrogen) atoms. The molecule has 1 aliphatic rings. The van der Waals surface area contributed by atoms with Crippen molar-refractivity contribution in [1.29, 1.82) is 0 Å². The monoisotopic (exact) mass is 262 g/mol. The van der Waals surface area contributed by atoms with Gasteiger partial charge in [0.25, 0.3) is 0 Å². The lowest BCUT2D eigenvalue weighted by molar-refractivity contribution is 0.418. The highest BCUT2D eigenvalue weighted by Crippen LogP contribution is 2.23. The molecule has 1 aliphatic heterocycles. The molecule has 2 heterocycles. The number of hydrogen-bond donors (Lipinski definition) is 1. The number of benzene rings is 1. The average Bonchev–Trinajstić information content (AvgIpc) is 3.00. The first-order chi connectivity index (χ1) is 8.70. The van der Waals surface area contributed by atoms with Gasteiger partial charge in [-0.05, 0) is 69.9 Å². The molecule has 98 valence electrons. The number of H-pyrrole nitrogens is 1. The van der Waals surface area contributed by atoms with Gasteiger partial charge in [-0.25, -0.2) is 0 Å². The molecule has 1 fully saturated rings. The van der Waals surface area contributed by atoms with Crippen LogP contribution in [0.5, 0.6) is 0 Å². The van der Waals surface area contributed by atoms with Gasteiger partial charge >= 0.3 is 0 Å². The van der Waals surface area contributed by atoms with Crippen LogP contribution in [-0.2, 0) is 0 Å². The van der Waals surface area contributed by atoms with E-state index in [2.05, 4.69) is 54.5 Å². The smallest absolute Gasteiger partial charge is 0.0457 e. The average molecular weight is 262 g/mol. The van der Waals surface area contributed by atoms with Crippen LogP contribution in [0.1, 0.15) is 18.4 Å². The third kappa shape index (κ3) is 3.30. The summed E-state index contributed by atoms with van der Waals surface area (Å²) in [7, 11) is 2.17. The molecule has 3 heteroatoms. The van der Waals surface area contributed by atoms with E-state index in [4.69, 9.17) is 0 Å². The summed E-state index contributed by atoms with van der Waals surface area (Å²) in [5.41, 5.74) is 2.55. The minimum absolute atomic E-state index is 1.23. The van der Waals surface area contributed by atoms with Gasteiger partial charge in [0, 0.05) is 22.0 Å². The number of thioether (sulfide) groups is 1. The van der Waals surface area contributed by atoms with Gasteiger partial charge in [0.2, 0.25) is 0 Å². The van der Waals surface area contributed by atoms with Gasteiger partial charge in [-0.15, -0.1) is 11.8 Å². The minimum atomic E-state index is 1.23. The van der Waals surface area contributed by atoms with E-state index in [0.29, 0.717) is 0 Å². The molecule has 2 nitrogen and oxygen atoms in total. The van der Waals surface area contributed by atoms with Crippen molar-refractivity contribution in [3.05, 3.63) is 30.0 Å². The molecule has 1 N–H and O–H groups in total. The molecule has 0 radical (unpaired) electrons. The Morgan fingerprint density at radius 3 is 2.50 bits per heavy atom. The number of nitrogens with zero attached hydrogens (tertiary/aromatic N) is 1. The molecule has 0 unspecified atom stereocenters. The van der Waals surface area contributed by atoms with Crippen LogP contribution in [-0.4, -0.2) is 36.3 Å². The molecule has 1 aromatic carbocycles. The Balaban J connectivity index is 0.000000169. The van der Waals surface area contributed by atoms with Crippen LogP contribution in [0.3, 0.4) is 0 Å². The molecule has 2 aromatic rings. The molecular formula is C15H22N2S. The van der Waals surface area contributed by atoms with Crippen LogP contribution in [0.4, 0.5) is 0 Å². The second-order valence-electron chi connectivity index (χ2n) is 4.89. The van der Waals surface area contributed by atoms with Crippen LogP contribution in [0.15, 0.2) is 29.3 Å². The van der Waals surface area contributed by atoms with E-state index in [-0.39, 0.29) is 0 Å². The van der Waals surface area contributed by atoms with E-state index >= 15 is 0 Å².